The molecule has 0 radical (unpaired) electrons. The van der Waals surface area contributed by atoms with Gasteiger partial charge < -0.3 is 5.32 Å². The van der Waals surface area contributed by atoms with Gasteiger partial charge in [-0.15, -0.1) is 0 Å². The smallest absolute Gasteiger partial charge is 0.345 e. The van der Waals surface area contributed by atoms with Crippen LogP contribution < -0.4 is 5.32 Å². The topological polar surface area (TPSA) is 42.0 Å². The summed E-state index contributed by atoms with van der Waals surface area (Å²) in [5.41, 5.74) is -0.456. The normalized spacial score (nSPS) is 13.0. The fourth-order valence-electron chi connectivity index (χ4n) is 2.28. The Morgan fingerprint density at radius 3 is 2.38 bits per heavy atom. The van der Waals surface area contributed by atoms with Crippen LogP contribution in [0.3, 0.4) is 0 Å². The van der Waals surface area contributed by atoms with Crippen molar-refractivity contribution in [3.05, 3.63) is 64.4 Å². The van der Waals surface area contributed by atoms with Gasteiger partial charge in [0.25, 0.3) is 5.91 Å². The van der Waals surface area contributed by atoms with E-state index in [4.69, 9.17) is 11.6 Å². The van der Waals surface area contributed by atoms with Crippen LogP contribution in [-0.4, -0.2) is 10.9 Å². The van der Waals surface area contributed by atoms with Crippen molar-refractivity contribution in [2.75, 3.05) is 0 Å². The lowest BCUT2D eigenvalue weighted by molar-refractivity contribution is -0.137. The molecule has 0 saturated heterocycles. The number of aromatic nitrogens is 1. The van der Waals surface area contributed by atoms with Crippen molar-refractivity contribution in [3.8, 4) is 0 Å². The van der Waals surface area contributed by atoms with Gasteiger partial charge in [0.2, 0.25) is 0 Å². The molecule has 2 aromatic rings. The third-order valence-corrected chi connectivity index (χ3v) is 3.82. The highest BCUT2D eigenvalue weighted by atomic mass is 35.5. The molecule has 1 aromatic carbocycles. The molecule has 1 unspecified atom stereocenters. The number of halogens is 4. The predicted molar refractivity (Wildman–Crippen MR) is 85.7 cm³/mol. The Morgan fingerprint density at radius 1 is 1.21 bits per heavy atom. The number of nitrogens with zero attached hydrogens (tertiary/aromatic N) is 1. The molecule has 0 bridgehead atoms. The largest absolute Gasteiger partial charge is 0.417 e. The van der Waals surface area contributed by atoms with E-state index in [1.54, 1.807) is 0 Å². The molecule has 0 aliphatic heterocycles. The number of amides is 1. The van der Waals surface area contributed by atoms with Crippen molar-refractivity contribution < 1.29 is 18.0 Å². The number of carbonyl (C=O) groups is 1. The van der Waals surface area contributed by atoms with E-state index in [0.29, 0.717) is 12.3 Å². The van der Waals surface area contributed by atoms with E-state index in [1.165, 1.54) is 0 Å². The first kappa shape index (κ1) is 18.3. The molecule has 24 heavy (non-hydrogen) atoms. The zero-order chi connectivity index (χ0) is 17.9. The minimum absolute atomic E-state index is 0.0360. The first-order valence-electron chi connectivity index (χ1n) is 7.28. The molecule has 0 aliphatic rings. The van der Waals surface area contributed by atoms with E-state index in [0.717, 1.165) is 5.56 Å². The van der Waals surface area contributed by atoms with Crippen LogP contribution in [0.25, 0.3) is 0 Å². The summed E-state index contributed by atoms with van der Waals surface area (Å²) in [5, 5.41) is 2.47. The minimum Gasteiger partial charge on any atom is -0.345 e. The van der Waals surface area contributed by atoms with E-state index in [-0.39, 0.29) is 22.7 Å². The predicted octanol–water partition coefficient (Wildman–Crippen LogP) is 4.88. The van der Waals surface area contributed by atoms with Crippen molar-refractivity contribution in [2.24, 2.45) is 5.92 Å². The molecule has 2 rings (SSSR count). The number of carbonyl (C=O) groups excluding carboxylic acids is 1. The third-order valence-electron chi connectivity index (χ3n) is 3.52. The maximum absolute atomic E-state index is 12.8. The molecular formula is C17H16ClF3N2O. The second-order valence-electron chi connectivity index (χ2n) is 5.67. The molecule has 1 aromatic heterocycles. The number of hydrogen-bond donors (Lipinski definition) is 1. The first-order chi connectivity index (χ1) is 11.2. The lowest BCUT2D eigenvalue weighted by Gasteiger charge is -2.23. The molecule has 0 fully saturated rings. The lowest BCUT2D eigenvalue weighted by Crippen LogP contribution is -2.32. The van der Waals surface area contributed by atoms with Crippen LogP contribution in [-0.2, 0) is 6.18 Å². The zero-order valence-electron chi connectivity index (χ0n) is 13.1. The summed E-state index contributed by atoms with van der Waals surface area (Å²) in [7, 11) is 0. The van der Waals surface area contributed by atoms with E-state index in [9.17, 15) is 18.0 Å². The van der Waals surface area contributed by atoms with Crippen molar-refractivity contribution in [1.82, 2.24) is 10.3 Å². The van der Waals surface area contributed by atoms with Crippen LogP contribution in [0.15, 0.2) is 42.6 Å². The van der Waals surface area contributed by atoms with Gasteiger partial charge in [-0.1, -0.05) is 55.8 Å². The molecule has 7 heteroatoms. The molecule has 1 heterocycles. The van der Waals surface area contributed by atoms with Crippen LogP contribution in [0.5, 0.6) is 0 Å². The Labute approximate surface area is 142 Å². The lowest BCUT2D eigenvalue weighted by atomic mass is 9.95. The Balaban J connectivity index is 2.31. The maximum Gasteiger partial charge on any atom is 0.417 e. The maximum atomic E-state index is 12.8. The van der Waals surface area contributed by atoms with E-state index >= 15 is 0 Å². The number of hydrogen-bond acceptors (Lipinski definition) is 2. The Kier molecular flexibility index (Phi) is 5.49. The number of pyridine rings is 1. The van der Waals surface area contributed by atoms with Crippen molar-refractivity contribution in [2.45, 2.75) is 26.1 Å². The Hall–Kier alpha value is -2.08. The molecule has 0 saturated carbocycles. The molecule has 1 amide bonds. The van der Waals surface area contributed by atoms with Crippen molar-refractivity contribution in [3.63, 3.8) is 0 Å². The molecule has 1 N–H and O–H groups in total. The summed E-state index contributed by atoms with van der Waals surface area (Å²) < 4.78 is 38.4. The summed E-state index contributed by atoms with van der Waals surface area (Å²) in [6.45, 7) is 3.81. The highest BCUT2D eigenvalue weighted by molar-refractivity contribution is 6.32. The van der Waals surface area contributed by atoms with Gasteiger partial charge in [-0.05, 0) is 17.5 Å². The SMILES string of the molecule is CC(C)C(NC(=O)c1cc(C(F)(F)F)cnc1Cl)c1ccccc1. The van der Waals surface area contributed by atoms with E-state index in [1.807, 2.05) is 44.2 Å². The zero-order valence-corrected chi connectivity index (χ0v) is 13.8. The minimum atomic E-state index is -4.59. The van der Waals surface area contributed by atoms with Gasteiger partial charge in [0, 0.05) is 6.20 Å². The molecule has 0 spiro atoms. The van der Waals surface area contributed by atoms with Crippen LogP contribution >= 0.6 is 11.6 Å². The molecule has 1 atom stereocenters. The number of nitrogens with one attached hydrogen (secondary N) is 1. The quantitative estimate of drug-likeness (QED) is 0.793. The summed E-state index contributed by atoms with van der Waals surface area (Å²) in [4.78, 5) is 15.9. The van der Waals surface area contributed by atoms with E-state index < -0.39 is 17.6 Å². The molecule has 3 nitrogen and oxygen atoms in total. The number of rotatable bonds is 4. The number of alkyl halides is 3. The highest BCUT2D eigenvalue weighted by Crippen LogP contribution is 2.31. The van der Waals surface area contributed by atoms with Gasteiger partial charge in [-0.3, -0.25) is 4.79 Å². The standard InChI is InChI=1S/C17H16ClF3N2O/c1-10(2)14(11-6-4-3-5-7-11)23-16(24)13-8-12(17(19,20)21)9-22-15(13)18/h3-10,14H,1-2H3,(H,23,24). The molecular weight excluding hydrogens is 341 g/mol. The van der Waals surface area contributed by atoms with Gasteiger partial charge in [0.05, 0.1) is 17.2 Å². The van der Waals surface area contributed by atoms with Crippen LogP contribution in [0, 0.1) is 5.92 Å². The monoisotopic (exact) mass is 356 g/mol. The van der Waals surface area contributed by atoms with Crippen LogP contribution in [0.4, 0.5) is 13.2 Å². The fraction of sp³-hybridized carbons (Fsp3) is 0.294. The Morgan fingerprint density at radius 2 is 1.83 bits per heavy atom. The van der Waals surface area contributed by atoms with E-state index in [2.05, 4.69) is 10.3 Å². The fourth-order valence-corrected chi connectivity index (χ4v) is 2.47. The first-order valence-corrected chi connectivity index (χ1v) is 7.66. The summed E-state index contributed by atoms with van der Waals surface area (Å²) in [6.07, 6.45) is -3.99. The summed E-state index contributed by atoms with van der Waals surface area (Å²) in [6, 6.07) is 9.55. The van der Waals surface area contributed by atoms with Gasteiger partial charge in [0.1, 0.15) is 5.15 Å². The van der Waals surface area contributed by atoms with Gasteiger partial charge in [0.15, 0.2) is 0 Å². The molecule has 0 aliphatic carbocycles. The van der Waals surface area contributed by atoms with Gasteiger partial charge in [-0.2, -0.15) is 13.2 Å². The number of benzene rings is 1. The van der Waals surface area contributed by atoms with Crippen LogP contribution in [0.2, 0.25) is 5.15 Å². The second kappa shape index (κ2) is 7.21. The Bertz CT molecular complexity index is 718. The van der Waals surface area contributed by atoms with Crippen molar-refractivity contribution in [1.29, 1.82) is 0 Å². The highest BCUT2D eigenvalue weighted by Gasteiger charge is 2.32. The average Bonchev–Trinajstić information content (AvgIpc) is 2.52. The third kappa shape index (κ3) is 4.26. The van der Waals surface area contributed by atoms with Gasteiger partial charge in [-0.25, -0.2) is 4.98 Å². The van der Waals surface area contributed by atoms with Crippen molar-refractivity contribution >= 4 is 17.5 Å². The van der Waals surface area contributed by atoms with Crippen LogP contribution in [0.1, 0.15) is 41.4 Å². The summed E-state index contributed by atoms with van der Waals surface area (Å²) in [5.74, 6) is -0.657. The average molecular weight is 357 g/mol. The summed E-state index contributed by atoms with van der Waals surface area (Å²) >= 11 is 5.81. The molecule has 128 valence electrons. The second-order valence-corrected chi connectivity index (χ2v) is 6.02. The van der Waals surface area contributed by atoms with Gasteiger partial charge >= 0.3 is 6.18 Å².